The average molecular weight is 666 g/mol. The number of benzene rings is 3. The summed E-state index contributed by atoms with van der Waals surface area (Å²) >= 11 is 13.6. The Labute approximate surface area is 281 Å². The van der Waals surface area contributed by atoms with E-state index in [0.717, 1.165) is 33.5 Å². The number of ether oxygens (including phenoxy) is 1. The number of para-hydroxylation sites is 1. The summed E-state index contributed by atoms with van der Waals surface area (Å²) < 4.78 is 10.2. The molecule has 2 amide bonds. The van der Waals surface area contributed by atoms with E-state index < -0.39 is 0 Å². The standard InChI is InChI=1S/C36H30Cl2N6O3/c1-23-19-31(43-18-16-40-22-43)27-6-3-7-32(35(27)42-23)47-21-28-29(37)13-14-30(34(28)38)44-17-4-5-26(44)20-41-33(45)15-10-24-8-11-25(12-9-24)36(46)39-2/h3-19,22H,20-21H2,1-2H3,(H,39,46)(H,41,45)/b15-10+. The summed E-state index contributed by atoms with van der Waals surface area (Å²) in [5.74, 6) is 0.170. The van der Waals surface area contributed by atoms with Crippen LogP contribution < -0.4 is 15.4 Å². The fourth-order valence-corrected chi connectivity index (χ4v) is 5.78. The van der Waals surface area contributed by atoms with E-state index in [0.29, 0.717) is 32.6 Å². The number of nitrogens with zero attached hydrogens (tertiary/aromatic N) is 4. The number of pyridine rings is 1. The summed E-state index contributed by atoms with van der Waals surface area (Å²) in [5.41, 5.74) is 6.00. The van der Waals surface area contributed by atoms with Crippen molar-refractivity contribution in [1.82, 2.24) is 29.7 Å². The van der Waals surface area contributed by atoms with Crippen molar-refractivity contribution in [2.24, 2.45) is 0 Å². The van der Waals surface area contributed by atoms with Gasteiger partial charge in [-0.25, -0.2) is 9.97 Å². The molecule has 236 valence electrons. The van der Waals surface area contributed by atoms with Crippen molar-refractivity contribution in [2.75, 3.05) is 7.05 Å². The maximum absolute atomic E-state index is 12.6. The summed E-state index contributed by atoms with van der Waals surface area (Å²) in [6, 6.07) is 22.2. The van der Waals surface area contributed by atoms with Crippen LogP contribution in [0.2, 0.25) is 10.0 Å². The normalized spacial score (nSPS) is 11.2. The first-order valence-corrected chi connectivity index (χ1v) is 15.5. The van der Waals surface area contributed by atoms with Gasteiger partial charge in [-0.1, -0.05) is 47.5 Å². The zero-order valence-electron chi connectivity index (χ0n) is 25.6. The van der Waals surface area contributed by atoms with Gasteiger partial charge in [-0.3, -0.25) is 9.59 Å². The number of halogens is 2. The number of aromatic nitrogens is 4. The molecule has 0 aliphatic carbocycles. The molecule has 0 aliphatic heterocycles. The highest BCUT2D eigenvalue weighted by Gasteiger charge is 2.17. The smallest absolute Gasteiger partial charge is 0.251 e. The van der Waals surface area contributed by atoms with Gasteiger partial charge in [0.2, 0.25) is 5.91 Å². The Kier molecular flexibility index (Phi) is 9.37. The Morgan fingerprint density at radius 1 is 0.979 bits per heavy atom. The molecule has 0 aliphatic rings. The number of carbonyl (C=O) groups is 2. The Balaban J connectivity index is 1.17. The molecule has 11 heteroatoms. The Bertz CT molecular complexity index is 2100. The minimum atomic E-state index is -0.264. The molecule has 6 aromatic rings. The first-order valence-electron chi connectivity index (χ1n) is 14.8. The van der Waals surface area contributed by atoms with Crippen LogP contribution in [0, 0.1) is 6.92 Å². The minimum Gasteiger partial charge on any atom is -0.487 e. The van der Waals surface area contributed by atoms with Gasteiger partial charge in [0.25, 0.3) is 5.91 Å². The lowest BCUT2D eigenvalue weighted by molar-refractivity contribution is -0.116. The molecule has 9 nitrogen and oxygen atoms in total. The van der Waals surface area contributed by atoms with E-state index in [1.807, 2.05) is 70.9 Å². The highest BCUT2D eigenvalue weighted by molar-refractivity contribution is 6.37. The summed E-state index contributed by atoms with van der Waals surface area (Å²) in [5, 5.41) is 7.33. The maximum atomic E-state index is 12.6. The predicted octanol–water partition coefficient (Wildman–Crippen LogP) is 7.09. The monoisotopic (exact) mass is 664 g/mol. The number of hydrogen-bond donors (Lipinski definition) is 2. The van der Waals surface area contributed by atoms with Gasteiger partial charge >= 0.3 is 0 Å². The van der Waals surface area contributed by atoms with E-state index >= 15 is 0 Å². The summed E-state index contributed by atoms with van der Waals surface area (Å²) in [6.07, 6.45) is 10.4. The lowest BCUT2D eigenvalue weighted by atomic mass is 10.1. The van der Waals surface area contributed by atoms with Crippen LogP contribution in [-0.4, -0.2) is 38.0 Å². The third-order valence-electron chi connectivity index (χ3n) is 7.59. The number of rotatable bonds is 10. The summed E-state index contributed by atoms with van der Waals surface area (Å²) in [4.78, 5) is 33.3. The summed E-state index contributed by atoms with van der Waals surface area (Å²) in [6.45, 7) is 2.31. The molecule has 6 rings (SSSR count). The first kappa shape index (κ1) is 31.6. The second-order valence-corrected chi connectivity index (χ2v) is 11.5. The molecule has 47 heavy (non-hydrogen) atoms. The zero-order chi connectivity index (χ0) is 32.9. The molecule has 0 saturated carbocycles. The highest BCUT2D eigenvalue weighted by atomic mass is 35.5. The Hall–Kier alpha value is -5.38. The number of nitrogens with one attached hydrogen (secondary N) is 2. The van der Waals surface area contributed by atoms with Crippen LogP contribution in [0.5, 0.6) is 5.75 Å². The predicted molar refractivity (Wildman–Crippen MR) is 184 cm³/mol. The van der Waals surface area contributed by atoms with E-state index in [2.05, 4.69) is 15.6 Å². The van der Waals surface area contributed by atoms with Gasteiger partial charge in [-0.05, 0) is 67.1 Å². The minimum absolute atomic E-state index is 0.114. The molecular weight excluding hydrogens is 635 g/mol. The number of carbonyl (C=O) groups excluding carboxylic acids is 2. The molecule has 0 atom stereocenters. The topological polar surface area (TPSA) is 103 Å². The fraction of sp³-hybridized carbons (Fsp3) is 0.111. The van der Waals surface area contributed by atoms with Crippen LogP contribution in [0.4, 0.5) is 0 Å². The molecule has 0 spiro atoms. The SMILES string of the molecule is CNC(=O)c1ccc(/C=C/C(=O)NCc2cccn2-c2ccc(Cl)c(COc3cccc4c(-n5ccnc5)cc(C)nc34)c2Cl)cc1. The number of hydrogen-bond acceptors (Lipinski definition) is 5. The van der Waals surface area contributed by atoms with Crippen LogP contribution >= 0.6 is 23.2 Å². The van der Waals surface area contributed by atoms with Crippen molar-refractivity contribution in [3.8, 4) is 17.1 Å². The van der Waals surface area contributed by atoms with Crippen LogP contribution in [0.25, 0.3) is 28.4 Å². The van der Waals surface area contributed by atoms with Crippen LogP contribution in [0.3, 0.4) is 0 Å². The second kappa shape index (κ2) is 13.9. The fourth-order valence-electron chi connectivity index (χ4n) is 5.21. The molecular formula is C36H30Cl2N6O3. The van der Waals surface area contributed by atoms with Crippen molar-refractivity contribution in [3.63, 3.8) is 0 Å². The Morgan fingerprint density at radius 3 is 2.57 bits per heavy atom. The van der Waals surface area contributed by atoms with Crippen LogP contribution in [0.1, 0.15) is 32.9 Å². The van der Waals surface area contributed by atoms with E-state index in [-0.39, 0.29) is 25.0 Å². The van der Waals surface area contributed by atoms with Gasteiger partial charge in [0.15, 0.2) is 0 Å². The molecule has 0 bridgehead atoms. The van der Waals surface area contributed by atoms with Crippen molar-refractivity contribution in [1.29, 1.82) is 0 Å². The van der Waals surface area contributed by atoms with Gasteiger partial charge in [-0.15, -0.1) is 0 Å². The van der Waals surface area contributed by atoms with E-state index in [9.17, 15) is 9.59 Å². The highest BCUT2D eigenvalue weighted by Crippen LogP contribution is 2.34. The molecule has 3 aromatic carbocycles. The van der Waals surface area contributed by atoms with Crippen LogP contribution in [-0.2, 0) is 17.9 Å². The van der Waals surface area contributed by atoms with E-state index in [1.54, 1.807) is 56.0 Å². The van der Waals surface area contributed by atoms with Gasteiger partial charge < -0.3 is 24.5 Å². The third-order valence-corrected chi connectivity index (χ3v) is 8.37. The van der Waals surface area contributed by atoms with E-state index in [4.69, 9.17) is 32.9 Å². The largest absolute Gasteiger partial charge is 0.487 e. The summed E-state index contributed by atoms with van der Waals surface area (Å²) in [7, 11) is 1.58. The van der Waals surface area contributed by atoms with Gasteiger partial charge in [0.05, 0.1) is 29.3 Å². The molecule has 0 radical (unpaired) electrons. The lowest BCUT2D eigenvalue weighted by Gasteiger charge is -2.17. The van der Waals surface area contributed by atoms with Gasteiger partial charge in [0, 0.05) is 64.6 Å². The quantitative estimate of drug-likeness (QED) is 0.152. The number of aryl methyl sites for hydroxylation is 1. The second-order valence-electron chi connectivity index (χ2n) is 10.7. The lowest BCUT2D eigenvalue weighted by Crippen LogP contribution is -2.21. The molecule has 3 heterocycles. The maximum Gasteiger partial charge on any atom is 0.251 e. The van der Waals surface area contributed by atoms with Gasteiger partial charge in [0.1, 0.15) is 17.9 Å². The van der Waals surface area contributed by atoms with E-state index in [1.165, 1.54) is 6.08 Å². The first-order chi connectivity index (χ1) is 22.8. The number of amides is 2. The molecule has 3 aromatic heterocycles. The molecule has 0 unspecified atom stereocenters. The molecule has 2 N–H and O–H groups in total. The number of fused-ring (bicyclic) bond motifs is 1. The average Bonchev–Trinajstić information content (AvgIpc) is 3.79. The van der Waals surface area contributed by atoms with Crippen LogP contribution in [0.15, 0.2) is 104 Å². The van der Waals surface area contributed by atoms with Crippen molar-refractivity contribution < 1.29 is 14.3 Å². The van der Waals surface area contributed by atoms with Gasteiger partial charge in [-0.2, -0.15) is 0 Å². The zero-order valence-corrected chi connectivity index (χ0v) is 27.1. The Morgan fingerprint density at radius 2 is 1.81 bits per heavy atom. The number of imidazole rings is 1. The van der Waals surface area contributed by atoms with Crippen molar-refractivity contribution >= 4 is 52.0 Å². The molecule has 0 saturated heterocycles. The van der Waals surface area contributed by atoms with Crippen molar-refractivity contribution in [3.05, 3.63) is 142 Å². The molecule has 0 fully saturated rings. The third kappa shape index (κ3) is 6.91. The van der Waals surface area contributed by atoms with Crippen molar-refractivity contribution in [2.45, 2.75) is 20.1 Å².